The van der Waals surface area contributed by atoms with Crippen LogP contribution in [0.1, 0.15) is 38.5 Å². The number of nitriles is 1. The molecule has 0 radical (unpaired) electrons. The van der Waals surface area contributed by atoms with Gasteiger partial charge in [-0.2, -0.15) is 5.26 Å². The molecule has 2 aromatic carbocycles. The van der Waals surface area contributed by atoms with Crippen LogP contribution in [0.4, 0.5) is 0 Å². The van der Waals surface area contributed by atoms with Crippen LogP contribution in [0.3, 0.4) is 0 Å². The van der Waals surface area contributed by atoms with Crippen LogP contribution in [0.25, 0.3) is 0 Å². The molecule has 0 N–H and O–H groups in total. The Labute approximate surface area is 144 Å². The molecule has 0 saturated heterocycles. The summed E-state index contributed by atoms with van der Waals surface area (Å²) in [5.41, 5.74) is -0.439. The highest BCUT2D eigenvalue weighted by Crippen LogP contribution is 2.51. The molecule has 2 nitrogen and oxygen atoms in total. The molecular formula is C21H24NOP. The van der Waals surface area contributed by atoms with Gasteiger partial charge in [0.1, 0.15) is 5.66 Å². The summed E-state index contributed by atoms with van der Waals surface area (Å²) in [7, 11) is -2.96. The van der Waals surface area contributed by atoms with Crippen molar-refractivity contribution >= 4 is 17.8 Å². The molecule has 1 aliphatic rings. The van der Waals surface area contributed by atoms with Crippen LogP contribution < -0.4 is 10.6 Å². The van der Waals surface area contributed by atoms with E-state index in [0.717, 1.165) is 17.0 Å². The molecule has 1 atom stereocenters. The van der Waals surface area contributed by atoms with Gasteiger partial charge in [0, 0.05) is 10.6 Å². The molecule has 1 aliphatic carbocycles. The van der Waals surface area contributed by atoms with Crippen LogP contribution in [-0.4, -0.2) is 5.66 Å². The Balaban J connectivity index is 2.00. The molecule has 0 bridgehead atoms. The highest BCUT2D eigenvalue weighted by atomic mass is 31.2. The second-order valence-corrected chi connectivity index (χ2v) is 9.69. The fraction of sp³-hybridized carbons (Fsp3) is 0.381. The second kappa shape index (κ2) is 7.82. The zero-order valence-electron chi connectivity index (χ0n) is 14.0. The van der Waals surface area contributed by atoms with Crippen molar-refractivity contribution in [3.8, 4) is 6.07 Å². The molecule has 2 aromatic rings. The number of hydrogen-bond donors (Lipinski definition) is 0. The highest BCUT2D eigenvalue weighted by Gasteiger charge is 2.38. The van der Waals surface area contributed by atoms with E-state index in [2.05, 4.69) is 6.07 Å². The first-order valence-corrected chi connectivity index (χ1v) is 10.6. The molecule has 24 heavy (non-hydrogen) atoms. The quantitative estimate of drug-likeness (QED) is 0.731. The maximum Gasteiger partial charge on any atom is 0.159 e. The maximum atomic E-state index is 14.2. The Bertz CT molecular complexity index is 686. The minimum atomic E-state index is -2.96. The van der Waals surface area contributed by atoms with E-state index in [4.69, 9.17) is 0 Å². The third-order valence-corrected chi connectivity index (χ3v) is 8.48. The summed E-state index contributed by atoms with van der Waals surface area (Å²) in [6.07, 6.45) is 6.86. The lowest BCUT2D eigenvalue weighted by molar-refractivity contribution is 0.342. The third kappa shape index (κ3) is 3.47. The van der Waals surface area contributed by atoms with Crippen molar-refractivity contribution in [1.82, 2.24) is 0 Å². The van der Waals surface area contributed by atoms with Crippen molar-refractivity contribution in [2.45, 2.75) is 44.2 Å². The SMILES string of the molecule is N#CC(CC1CCCCC1)P(=O)(c1ccccc1)c1ccccc1. The minimum absolute atomic E-state index is 0.439. The monoisotopic (exact) mass is 337 g/mol. The number of rotatable bonds is 5. The van der Waals surface area contributed by atoms with Crippen molar-refractivity contribution in [3.63, 3.8) is 0 Å². The molecule has 3 rings (SSSR count). The summed E-state index contributed by atoms with van der Waals surface area (Å²) in [4.78, 5) is 0. The first kappa shape index (κ1) is 17.0. The molecule has 1 fully saturated rings. The summed E-state index contributed by atoms with van der Waals surface area (Å²) in [5, 5.41) is 11.5. The molecule has 124 valence electrons. The second-order valence-electron chi connectivity index (χ2n) is 6.71. The Hall–Kier alpha value is -1.84. The average Bonchev–Trinajstić information content (AvgIpc) is 2.67. The van der Waals surface area contributed by atoms with Gasteiger partial charge in [-0.05, 0) is 12.3 Å². The van der Waals surface area contributed by atoms with Crippen molar-refractivity contribution in [2.24, 2.45) is 5.92 Å². The van der Waals surface area contributed by atoms with E-state index in [9.17, 15) is 9.83 Å². The fourth-order valence-corrected chi connectivity index (χ4v) is 6.83. The number of benzene rings is 2. The predicted octanol–water partition coefficient (Wildman–Crippen LogP) is 4.86. The molecule has 1 unspecified atom stereocenters. The molecule has 0 aliphatic heterocycles. The van der Waals surface area contributed by atoms with Crippen LogP contribution in [-0.2, 0) is 4.57 Å². The lowest BCUT2D eigenvalue weighted by atomic mass is 9.86. The molecule has 0 aromatic heterocycles. The summed E-state index contributed by atoms with van der Waals surface area (Å²) in [6, 6.07) is 21.6. The Morgan fingerprint density at radius 1 is 0.917 bits per heavy atom. The fourth-order valence-electron chi connectivity index (χ4n) is 3.83. The van der Waals surface area contributed by atoms with Gasteiger partial charge < -0.3 is 4.57 Å². The smallest absolute Gasteiger partial charge is 0.159 e. The lowest BCUT2D eigenvalue weighted by Gasteiger charge is -2.29. The van der Waals surface area contributed by atoms with Crippen LogP contribution >= 0.6 is 7.14 Å². The minimum Gasteiger partial charge on any atom is -0.312 e. The standard InChI is InChI=1S/C21H24NOP/c22-17-21(16-18-10-4-1-5-11-18)24(23,19-12-6-2-7-13-19)20-14-8-3-9-15-20/h2-3,6-9,12-15,18,21H,1,4-5,10-11,16H2. The van der Waals surface area contributed by atoms with Crippen molar-refractivity contribution in [3.05, 3.63) is 60.7 Å². The van der Waals surface area contributed by atoms with E-state index < -0.39 is 12.8 Å². The maximum absolute atomic E-state index is 14.2. The van der Waals surface area contributed by atoms with Crippen molar-refractivity contribution in [2.75, 3.05) is 0 Å². The first-order valence-electron chi connectivity index (χ1n) is 8.85. The number of hydrogen-bond acceptors (Lipinski definition) is 2. The van der Waals surface area contributed by atoms with Gasteiger partial charge in [0.05, 0.1) is 6.07 Å². The summed E-state index contributed by atoms with van der Waals surface area (Å²) >= 11 is 0. The van der Waals surface area contributed by atoms with E-state index in [1.807, 2.05) is 60.7 Å². The van der Waals surface area contributed by atoms with Gasteiger partial charge in [0.2, 0.25) is 0 Å². The zero-order valence-corrected chi connectivity index (χ0v) is 14.9. The average molecular weight is 337 g/mol. The molecule has 0 amide bonds. The summed E-state index contributed by atoms with van der Waals surface area (Å²) < 4.78 is 14.2. The largest absolute Gasteiger partial charge is 0.312 e. The molecule has 0 spiro atoms. The van der Waals surface area contributed by atoms with E-state index in [0.29, 0.717) is 5.92 Å². The van der Waals surface area contributed by atoms with Gasteiger partial charge in [-0.25, -0.2) is 0 Å². The molecule has 1 saturated carbocycles. The van der Waals surface area contributed by atoms with E-state index in [1.165, 1.54) is 32.1 Å². The van der Waals surface area contributed by atoms with Gasteiger partial charge in [-0.15, -0.1) is 0 Å². The zero-order chi connectivity index (χ0) is 16.8. The third-order valence-electron chi connectivity index (χ3n) is 5.15. The topological polar surface area (TPSA) is 40.9 Å². The van der Waals surface area contributed by atoms with Gasteiger partial charge >= 0.3 is 0 Å². The van der Waals surface area contributed by atoms with Gasteiger partial charge in [-0.3, -0.25) is 0 Å². The molecular weight excluding hydrogens is 313 g/mol. The lowest BCUT2D eigenvalue weighted by Crippen LogP contribution is -2.27. The van der Waals surface area contributed by atoms with Crippen LogP contribution in [0.2, 0.25) is 0 Å². The Morgan fingerprint density at radius 3 is 1.88 bits per heavy atom. The Kier molecular flexibility index (Phi) is 5.54. The van der Waals surface area contributed by atoms with Crippen LogP contribution in [0.15, 0.2) is 60.7 Å². The molecule has 3 heteroatoms. The van der Waals surface area contributed by atoms with Gasteiger partial charge in [0.15, 0.2) is 7.14 Å². The van der Waals surface area contributed by atoms with Crippen molar-refractivity contribution < 1.29 is 4.57 Å². The summed E-state index contributed by atoms with van der Waals surface area (Å²) in [5.74, 6) is 0.532. The normalized spacial score (nSPS) is 17.1. The predicted molar refractivity (Wildman–Crippen MR) is 100 cm³/mol. The van der Waals surface area contributed by atoms with Crippen LogP contribution in [0.5, 0.6) is 0 Å². The van der Waals surface area contributed by atoms with Gasteiger partial charge in [0.25, 0.3) is 0 Å². The number of nitrogens with zero attached hydrogens (tertiary/aromatic N) is 1. The van der Waals surface area contributed by atoms with E-state index >= 15 is 0 Å². The van der Waals surface area contributed by atoms with Crippen molar-refractivity contribution in [1.29, 1.82) is 5.26 Å². The van der Waals surface area contributed by atoms with Gasteiger partial charge in [-0.1, -0.05) is 92.8 Å². The van der Waals surface area contributed by atoms with E-state index in [1.54, 1.807) is 0 Å². The summed E-state index contributed by atoms with van der Waals surface area (Å²) in [6.45, 7) is 0. The van der Waals surface area contributed by atoms with Crippen LogP contribution in [0, 0.1) is 17.2 Å². The highest BCUT2D eigenvalue weighted by molar-refractivity contribution is 7.79. The first-order chi connectivity index (χ1) is 11.7. The van der Waals surface area contributed by atoms with E-state index in [-0.39, 0.29) is 0 Å². The molecule has 0 heterocycles. The Morgan fingerprint density at radius 2 is 1.42 bits per heavy atom.